The first-order valence-corrected chi connectivity index (χ1v) is 13.9. The fraction of sp³-hybridized carbons (Fsp3) is 0.357. The zero-order valence-corrected chi connectivity index (χ0v) is 22.4. The number of nitrogens with zero attached hydrogens (tertiary/aromatic N) is 3. The number of aromatic nitrogens is 2. The molecular weight excluding hydrogens is 508 g/mol. The van der Waals surface area contributed by atoms with E-state index in [4.69, 9.17) is 26.8 Å². The van der Waals surface area contributed by atoms with Gasteiger partial charge in [0.15, 0.2) is 0 Å². The van der Waals surface area contributed by atoms with Crippen molar-refractivity contribution in [3.63, 3.8) is 0 Å². The van der Waals surface area contributed by atoms with Crippen molar-refractivity contribution in [1.82, 2.24) is 14.3 Å². The van der Waals surface area contributed by atoms with E-state index in [-0.39, 0.29) is 6.10 Å². The topological polar surface area (TPSA) is 82.1 Å². The van der Waals surface area contributed by atoms with Crippen LogP contribution in [0.25, 0.3) is 16.2 Å². The Labute approximate surface area is 225 Å². The molecule has 9 heteroatoms. The normalized spacial score (nSPS) is 14.8. The molecule has 1 unspecified atom stereocenters. The number of imidazole rings is 1. The van der Waals surface area contributed by atoms with Gasteiger partial charge in [0.1, 0.15) is 28.1 Å². The molecule has 1 amide bonds. The number of pyridine rings is 1. The Kier molecular flexibility index (Phi) is 7.98. The SMILES string of the molecule is CC(Oc1cc(-c2cnc3ccc(OCCCCN4CCCC4)cn23)sc1C(N)=O)c1ccccc1Cl. The van der Waals surface area contributed by atoms with Gasteiger partial charge in [-0.1, -0.05) is 29.8 Å². The summed E-state index contributed by atoms with van der Waals surface area (Å²) < 4.78 is 14.2. The number of hydrogen-bond acceptors (Lipinski definition) is 6. The molecule has 1 saturated heterocycles. The van der Waals surface area contributed by atoms with Crippen LogP contribution < -0.4 is 15.2 Å². The number of rotatable bonds is 11. The van der Waals surface area contributed by atoms with Gasteiger partial charge in [-0.25, -0.2) is 4.98 Å². The van der Waals surface area contributed by atoms with Crippen molar-refractivity contribution < 1.29 is 14.3 Å². The number of halogens is 1. The number of hydrogen-bond donors (Lipinski definition) is 1. The molecule has 1 fully saturated rings. The monoisotopic (exact) mass is 538 g/mol. The molecule has 5 rings (SSSR count). The Morgan fingerprint density at radius 2 is 2.00 bits per heavy atom. The van der Waals surface area contributed by atoms with Gasteiger partial charge in [0.25, 0.3) is 5.91 Å². The smallest absolute Gasteiger partial charge is 0.262 e. The summed E-state index contributed by atoms with van der Waals surface area (Å²) in [6.07, 6.45) is 8.16. The van der Waals surface area contributed by atoms with E-state index in [1.807, 2.05) is 60.0 Å². The van der Waals surface area contributed by atoms with Crippen molar-refractivity contribution in [2.45, 2.75) is 38.7 Å². The highest BCUT2D eigenvalue weighted by Gasteiger charge is 2.21. The predicted molar refractivity (Wildman–Crippen MR) is 148 cm³/mol. The number of carbonyl (C=O) groups is 1. The van der Waals surface area contributed by atoms with Gasteiger partial charge in [-0.15, -0.1) is 11.3 Å². The van der Waals surface area contributed by atoms with E-state index in [0.29, 0.717) is 22.3 Å². The largest absolute Gasteiger partial charge is 0.492 e. The quantitative estimate of drug-likeness (QED) is 0.230. The molecule has 0 saturated carbocycles. The minimum absolute atomic E-state index is 0.356. The average Bonchev–Trinajstić information content (AvgIpc) is 3.64. The molecule has 0 spiro atoms. The van der Waals surface area contributed by atoms with Crippen LogP contribution in [0.15, 0.2) is 54.9 Å². The number of amides is 1. The van der Waals surface area contributed by atoms with Crippen molar-refractivity contribution in [3.8, 4) is 22.1 Å². The van der Waals surface area contributed by atoms with Crippen molar-refractivity contribution in [2.75, 3.05) is 26.2 Å². The Morgan fingerprint density at radius 3 is 2.78 bits per heavy atom. The summed E-state index contributed by atoms with van der Waals surface area (Å²) in [7, 11) is 0. The Morgan fingerprint density at radius 1 is 1.19 bits per heavy atom. The van der Waals surface area contributed by atoms with Crippen LogP contribution in [0.1, 0.15) is 53.9 Å². The third kappa shape index (κ3) is 5.92. The molecule has 1 aliphatic rings. The zero-order valence-electron chi connectivity index (χ0n) is 20.9. The number of likely N-dealkylation sites (tertiary alicyclic amines) is 1. The summed E-state index contributed by atoms with van der Waals surface area (Å²) in [4.78, 5) is 20.5. The van der Waals surface area contributed by atoms with E-state index in [1.54, 1.807) is 6.20 Å². The number of carbonyl (C=O) groups excluding carboxylic acids is 1. The first-order valence-electron chi connectivity index (χ1n) is 12.7. The van der Waals surface area contributed by atoms with Crippen LogP contribution in [0.2, 0.25) is 5.02 Å². The van der Waals surface area contributed by atoms with Crippen LogP contribution in [0, 0.1) is 0 Å². The predicted octanol–water partition coefficient (Wildman–Crippen LogP) is 6.21. The number of fused-ring (bicyclic) bond motifs is 1. The summed E-state index contributed by atoms with van der Waals surface area (Å²) in [6.45, 7) is 6.17. The lowest BCUT2D eigenvalue weighted by molar-refractivity contribution is 0.0998. The second-order valence-corrected chi connectivity index (χ2v) is 10.8. The minimum Gasteiger partial charge on any atom is -0.492 e. The lowest BCUT2D eigenvalue weighted by atomic mass is 10.1. The van der Waals surface area contributed by atoms with Crippen molar-refractivity contribution in [2.24, 2.45) is 5.73 Å². The number of benzene rings is 1. The van der Waals surface area contributed by atoms with Crippen LogP contribution in [0.4, 0.5) is 0 Å². The van der Waals surface area contributed by atoms with Gasteiger partial charge in [-0.3, -0.25) is 9.20 Å². The lowest BCUT2D eigenvalue weighted by Gasteiger charge is -2.16. The van der Waals surface area contributed by atoms with Gasteiger partial charge in [-0.2, -0.15) is 0 Å². The molecule has 4 heterocycles. The summed E-state index contributed by atoms with van der Waals surface area (Å²) in [5.41, 5.74) is 8.16. The van der Waals surface area contributed by atoms with Gasteiger partial charge < -0.3 is 20.1 Å². The molecular formula is C28H31ClN4O3S. The maximum atomic E-state index is 12.2. The highest BCUT2D eigenvalue weighted by atomic mass is 35.5. The molecule has 4 aromatic rings. The van der Waals surface area contributed by atoms with Gasteiger partial charge in [0, 0.05) is 16.7 Å². The van der Waals surface area contributed by atoms with Crippen molar-refractivity contribution in [3.05, 3.63) is 70.3 Å². The summed E-state index contributed by atoms with van der Waals surface area (Å²) in [5.74, 6) is 0.674. The molecule has 7 nitrogen and oxygen atoms in total. The highest BCUT2D eigenvalue weighted by Crippen LogP contribution is 2.39. The van der Waals surface area contributed by atoms with Gasteiger partial charge >= 0.3 is 0 Å². The van der Waals surface area contributed by atoms with Crippen LogP contribution in [-0.4, -0.2) is 46.4 Å². The average molecular weight is 539 g/mol. The second kappa shape index (κ2) is 11.5. The van der Waals surface area contributed by atoms with Crippen LogP contribution in [0.5, 0.6) is 11.5 Å². The van der Waals surface area contributed by atoms with E-state index in [9.17, 15) is 4.79 Å². The molecule has 1 atom stereocenters. The Bertz CT molecular complexity index is 1380. The highest BCUT2D eigenvalue weighted by molar-refractivity contribution is 7.17. The Hall–Kier alpha value is -3.07. The zero-order chi connectivity index (χ0) is 25.8. The molecule has 37 heavy (non-hydrogen) atoms. The van der Waals surface area contributed by atoms with E-state index in [1.165, 1.54) is 37.3 Å². The van der Waals surface area contributed by atoms with Gasteiger partial charge in [-0.05, 0) is 70.4 Å². The third-order valence-electron chi connectivity index (χ3n) is 6.64. The molecule has 2 N–H and O–H groups in total. The summed E-state index contributed by atoms with van der Waals surface area (Å²) >= 11 is 7.63. The summed E-state index contributed by atoms with van der Waals surface area (Å²) in [5, 5.41) is 0.608. The van der Waals surface area contributed by atoms with Gasteiger partial charge in [0.2, 0.25) is 0 Å². The van der Waals surface area contributed by atoms with Crippen LogP contribution >= 0.6 is 22.9 Å². The molecule has 194 valence electrons. The maximum absolute atomic E-state index is 12.2. The lowest BCUT2D eigenvalue weighted by Crippen LogP contribution is -2.20. The standard InChI is InChI=1S/C28H31ClN4O3S/c1-19(21-8-2-3-9-22(21)29)36-24-16-25(37-27(24)28(30)34)23-17-31-26-11-10-20(18-33(23)26)35-15-7-6-14-32-12-4-5-13-32/h2-3,8-11,16-19H,4-7,12-15H2,1H3,(H2,30,34). The number of nitrogens with two attached hydrogens (primary N) is 1. The van der Waals surface area contributed by atoms with Crippen LogP contribution in [0.3, 0.4) is 0 Å². The van der Waals surface area contributed by atoms with E-state index >= 15 is 0 Å². The van der Waals surface area contributed by atoms with E-state index < -0.39 is 5.91 Å². The first-order chi connectivity index (χ1) is 18.0. The van der Waals surface area contributed by atoms with Crippen molar-refractivity contribution in [1.29, 1.82) is 0 Å². The molecule has 1 aromatic carbocycles. The Balaban J connectivity index is 1.31. The fourth-order valence-electron chi connectivity index (χ4n) is 4.68. The first kappa shape index (κ1) is 25.6. The summed E-state index contributed by atoms with van der Waals surface area (Å²) in [6, 6.07) is 13.2. The maximum Gasteiger partial charge on any atom is 0.262 e. The number of unbranched alkanes of at least 4 members (excludes halogenated alkanes) is 1. The minimum atomic E-state index is -0.538. The number of thiophene rings is 1. The molecule has 0 radical (unpaired) electrons. The molecule has 3 aromatic heterocycles. The fourth-order valence-corrected chi connectivity index (χ4v) is 5.92. The van der Waals surface area contributed by atoms with Gasteiger partial charge in [0.05, 0.1) is 29.6 Å². The second-order valence-electron chi connectivity index (χ2n) is 9.29. The van der Waals surface area contributed by atoms with Crippen LogP contribution in [-0.2, 0) is 0 Å². The number of ether oxygens (including phenoxy) is 2. The molecule has 1 aliphatic heterocycles. The number of primary amides is 1. The van der Waals surface area contributed by atoms with E-state index in [2.05, 4.69) is 9.88 Å². The molecule has 0 bridgehead atoms. The van der Waals surface area contributed by atoms with Crippen molar-refractivity contribution >= 4 is 34.5 Å². The van der Waals surface area contributed by atoms with E-state index in [0.717, 1.165) is 46.9 Å². The third-order valence-corrected chi connectivity index (χ3v) is 8.13. The molecule has 0 aliphatic carbocycles.